The van der Waals surface area contributed by atoms with Crippen molar-refractivity contribution in [3.8, 4) is 0 Å². The molecule has 1 aliphatic heterocycles. The molecule has 1 fully saturated rings. The predicted octanol–water partition coefficient (Wildman–Crippen LogP) is 1.79. The number of carbonyl (C=O) groups excluding carboxylic acids is 1. The lowest BCUT2D eigenvalue weighted by Crippen LogP contribution is -2.35. The lowest BCUT2D eigenvalue weighted by Gasteiger charge is -2.17. The third kappa shape index (κ3) is 2.39. The Bertz CT molecular complexity index is 377. The van der Waals surface area contributed by atoms with Crippen molar-refractivity contribution in [3.05, 3.63) is 35.6 Å². The molecule has 0 spiro atoms. The topological polar surface area (TPSA) is 38.3 Å². The zero-order chi connectivity index (χ0) is 11.5. The molecule has 1 aromatic carbocycles. The number of ether oxygens (including phenoxy) is 1. The smallest absolute Gasteiger partial charge is 0.323 e. The Balaban J connectivity index is 1.99. The summed E-state index contributed by atoms with van der Waals surface area (Å²) in [6, 6.07) is 6.04. The van der Waals surface area contributed by atoms with Gasteiger partial charge < -0.3 is 4.74 Å². The number of rotatable bonds is 3. The second-order valence-corrected chi connectivity index (χ2v) is 3.95. The number of halogens is 1. The van der Waals surface area contributed by atoms with Crippen LogP contribution in [0.15, 0.2) is 24.3 Å². The number of carbonyl (C=O) groups is 1. The number of benzene rings is 1. The Labute approximate surface area is 93.6 Å². The molecular weight excluding hydrogens is 209 g/mol. The molecule has 2 unspecified atom stereocenters. The molecule has 0 aliphatic carbocycles. The molecule has 16 heavy (non-hydrogen) atoms. The standard InChI is InChI=1S/C12H14FNO2/c1-8(9-2-4-10(13)5-3-9)14-11-6-7-16-12(11)15/h2-5,8,11,14H,6-7H2,1H3. The van der Waals surface area contributed by atoms with Gasteiger partial charge in [0.2, 0.25) is 0 Å². The highest BCUT2D eigenvalue weighted by atomic mass is 19.1. The van der Waals surface area contributed by atoms with Gasteiger partial charge in [0.1, 0.15) is 11.9 Å². The highest BCUT2D eigenvalue weighted by Gasteiger charge is 2.27. The molecule has 1 saturated heterocycles. The van der Waals surface area contributed by atoms with Crippen molar-refractivity contribution in [1.29, 1.82) is 0 Å². The fourth-order valence-electron chi connectivity index (χ4n) is 1.80. The second kappa shape index (κ2) is 4.61. The Morgan fingerprint density at radius 2 is 2.12 bits per heavy atom. The van der Waals surface area contributed by atoms with E-state index < -0.39 is 0 Å². The van der Waals surface area contributed by atoms with Crippen LogP contribution < -0.4 is 5.32 Å². The minimum atomic E-state index is -0.253. The molecule has 0 aromatic heterocycles. The van der Waals surface area contributed by atoms with Gasteiger partial charge in [0.25, 0.3) is 0 Å². The zero-order valence-corrected chi connectivity index (χ0v) is 9.07. The fourth-order valence-corrected chi connectivity index (χ4v) is 1.80. The summed E-state index contributed by atoms with van der Waals surface area (Å²) in [5.41, 5.74) is 0.959. The number of hydrogen-bond donors (Lipinski definition) is 1. The number of cyclic esters (lactones) is 1. The van der Waals surface area contributed by atoms with Crippen LogP contribution in [-0.2, 0) is 9.53 Å². The molecule has 1 heterocycles. The van der Waals surface area contributed by atoms with Crippen LogP contribution in [0, 0.1) is 5.82 Å². The van der Waals surface area contributed by atoms with E-state index in [4.69, 9.17) is 4.74 Å². The van der Waals surface area contributed by atoms with E-state index in [1.165, 1.54) is 12.1 Å². The van der Waals surface area contributed by atoms with Crippen molar-refractivity contribution in [3.63, 3.8) is 0 Å². The average Bonchev–Trinajstić information content (AvgIpc) is 2.65. The maximum Gasteiger partial charge on any atom is 0.323 e. The van der Waals surface area contributed by atoms with E-state index in [0.717, 1.165) is 5.56 Å². The van der Waals surface area contributed by atoms with Crippen molar-refractivity contribution >= 4 is 5.97 Å². The van der Waals surface area contributed by atoms with Gasteiger partial charge in [-0.1, -0.05) is 12.1 Å². The van der Waals surface area contributed by atoms with Crippen LogP contribution in [0.5, 0.6) is 0 Å². The molecular formula is C12H14FNO2. The number of hydrogen-bond acceptors (Lipinski definition) is 3. The van der Waals surface area contributed by atoms with E-state index in [2.05, 4.69) is 5.32 Å². The summed E-state index contributed by atoms with van der Waals surface area (Å²) in [5.74, 6) is -0.454. The maximum atomic E-state index is 12.7. The van der Waals surface area contributed by atoms with Crippen LogP contribution in [0.4, 0.5) is 4.39 Å². The van der Waals surface area contributed by atoms with E-state index in [9.17, 15) is 9.18 Å². The Kier molecular flexibility index (Phi) is 3.19. The third-order valence-electron chi connectivity index (χ3n) is 2.76. The average molecular weight is 223 g/mol. The Morgan fingerprint density at radius 3 is 2.69 bits per heavy atom. The number of nitrogens with one attached hydrogen (secondary N) is 1. The van der Waals surface area contributed by atoms with Crippen LogP contribution in [0.25, 0.3) is 0 Å². The first-order valence-corrected chi connectivity index (χ1v) is 5.35. The van der Waals surface area contributed by atoms with Gasteiger partial charge in [-0.05, 0) is 24.6 Å². The van der Waals surface area contributed by atoms with Crippen molar-refractivity contribution in [1.82, 2.24) is 5.32 Å². The van der Waals surface area contributed by atoms with Gasteiger partial charge in [-0.25, -0.2) is 4.39 Å². The molecule has 0 amide bonds. The first kappa shape index (κ1) is 11.1. The molecule has 0 saturated carbocycles. The summed E-state index contributed by atoms with van der Waals surface area (Å²) in [4.78, 5) is 11.3. The monoisotopic (exact) mass is 223 g/mol. The highest BCUT2D eigenvalue weighted by Crippen LogP contribution is 2.16. The molecule has 1 aliphatic rings. The summed E-state index contributed by atoms with van der Waals surface area (Å²) >= 11 is 0. The zero-order valence-electron chi connectivity index (χ0n) is 9.07. The summed E-state index contributed by atoms with van der Waals surface area (Å²) in [5, 5.41) is 3.17. The van der Waals surface area contributed by atoms with Gasteiger partial charge in [0.05, 0.1) is 6.61 Å². The van der Waals surface area contributed by atoms with Gasteiger partial charge in [0.15, 0.2) is 0 Å². The van der Waals surface area contributed by atoms with E-state index in [0.29, 0.717) is 13.0 Å². The third-order valence-corrected chi connectivity index (χ3v) is 2.76. The van der Waals surface area contributed by atoms with Crippen molar-refractivity contribution in [2.24, 2.45) is 0 Å². The molecule has 86 valence electrons. The van der Waals surface area contributed by atoms with Crippen molar-refractivity contribution in [2.45, 2.75) is 25.4 Å². The van der Waals surface area contributed by atoms with Crippen LogP contribution in [0.1, 0.15) is 24.9 Å². The van der Waals surface area contributed by atoms with E-state index in [1.54, 1.807) is 12.1 Å². The van der Waals surface area contributed by atoms with Gasteiger partial charge in [-0.3, -0.25) is 10.1 Å². The number of esters is 1. The first-order valence-electron chi connectivity index (χ1n) is 5.35. The quantitative estimate of drug-likeness (QED) is 0.794. The summed E-state index contributed by atoms with van der Waals surface area (Å²) in [6.45, 7) is 2.42. The van der Waals surface area contributed by atoms with E-state index in [1.807, 2.05) is 6.92 Å². The van der Waals surface area contributed by atoms with E-state index >= 15 is 0 Å². The molecule has 0 bridgehead atoms. The highest BCUT2D eigenvalue weighted by molar-refractivity contribution is 5.77. The van der Waals surface area contributed by atoms with Gasteiger partial charge in [0, 0.05) is 12.5 Å². The summed E-state index contributed by atoms with van der Waals surface area (Å²) < 4.78 is 17.6. The van der Waals surface area contributed by atoms with Crippen LogP contribution in [0.2, 0.25) is 0 Å². The van der Waals surface area contributed by atoms with Crippen LogP contribution in [-0.4, -0.2) is 18.6 Å². The molecule has 2 rings (SSSR count). The van der Waals surface area contributed by atoms with Crippen molar-refractivity contribution < 1.29 is 13.9 Å². The van der Waals surface area contributed by atoms with Crippen molar-refractivity contribution in [2.75, 3.05) is 6.61 Å². The summed E-state index contributed by atoms with van der Waals surface area (Å²) in [7, 11) is 0. The fraction of sp³-hybridized carbons (Fsp3) is 0.417. The van der Waals surface area contributed by atoms with Crippen LogP contribution in [0.3, 0.4) is 0 Å². The molecule has 3 nitrogen and oxygen atoms in total. The molecule has 0 radical (unpaired) electrons. The van der Waals surface area contributed by atoms with E-state index in [-0.39, 0.29) is 23.9 Å². The summed E-state index contributed by atoms with van der Waals surface area (Å²) in [6.07, 6.45) is 0.699. The largest absolute Gasteiger partial charge is 0.464 e. The van der Waals surface area contributed by atoms with Gasteiger partial charge >= 0.3 is 5.97 Å². The Morgan fingerprint density at radius 1 is 1.44 bits per heavy atom. The van der Waals surface area contributed by atoms with Gasteiger partial charge in [-0.2, -0.15) is 0 Å². The molecule has 4 heteroatoms. The minimum absolute atomic E-state index is 0.0104. The SMILES string of the molecule is CC(NC1CCOC1=O)c1ccc(F)cc1. The molecule has 1 N–H and O–H groups in total. The maximum absolute atomic E-state index is 12.7. The molecule has 1 aromatic rings. The predicted molar refractivity (Wildman–Crippen MR) is 57.3 cm³/mol. The normalized spacial score (nSPS) is 21.9. The van der Waals surface area contributed by atoms with Crippen LogP contribution >= 0.6 is 0 Å². The lowest BCUT2D eigenvalue weighted by molar-refractivity contribution is -0.139. The first-order chi connectivity index (χ1) is 7.66. The lowest BCUT2D eigenvalue weighted by atomic mass is 10.1. The minimum Gasteiger partial charge on any atom is -0.464 e. The van der Waals surface area contributed by atoms with Gasteiger partial charge in [-0.15, -0.1) is 0 Å². The second-order valence-electron chi connectivity index (χ2n) is 3.95. The Hall–Kier alpha value is -1.42. The molecule has 2 atom stereocenters.